The Bertz CT molecular complexity index is 680. The lowest BCUT2D eigenvalue weighted by atomic mass is 9.95. The van der Waals surface area contributed by atoms with Crippen LogP contribution in [0, 0.1) is 0 Å². The van der Waals surface area contributed by atoms with Crippen molar-refractivity contribution in [2.45, 2.75) is 6.42 Å². The summed E-state index contributed by atoms with van der Waals surface area (Å²) in [6, 6.07) is 18.9. The van der Waals surface area contributed by atoms with Crippen molar-refractivity contribution < 1.29 is 0 Å². The number of hydrogen-bond acceptors (Lipinski definition) is 1. The Hall–Kier alpha value is -2.54. The van der Waals surface area contributed by atoms with E-state index in [2.05, 4.69) is 66.6 Å². The molecule has 0 unspecified atom stereocenters. The molecular weight excluding hydrogens is 242 g/mol. The van der Waals surface area contributed by atoms with Crippen molar-refractivity contribution in [3.8, 4) is 0 Å². The van der Waals surface area contributed by atoms with E-state index in [1.807, 2.05) is 18.2 Å². The lowest BCUT2D eigenvalue weighted by Crippen LogP contribution is -2.22. The van der Waals surface area contributed by atoms with Gasteiger partial charge in [0.1, 0.15) is 0 Å². The average Bonchev–Trinajstić information content (AvgIpc) is 2.53. The first kappa shape index (κ1) is 12.5. The molecule has 2 aromatic carbocycles. The van der Waals surface area contributed by atoms with Gasteiger partial charge in [-0.05, 0) is 35.4 Å². The molecule has 0 radical (unpaired) electrons. The number of benzene rings is 2. The summed E-state index contributed by atoms with van der Waals surface area (Å²) in [4.78, 5) is 2.25. The van der Waals surface area contributed by atoms with Crippen molar-refractivity contribution >= 4 is 11.4 Å². The van der Waals surface area contributed by atoms with E-state index in [4.69, 9.17) is 0 Å². The van der Waals surface area contributed by atoms with Gasteiger partial charge in [0.15, 0.2) is 0 Å². The molecule has 0 fully saturated rings. The minimum Gasteiger partial charge on any atom is -0.310 e. The Morgan fingerprint density at radius 1 is 0.850 bits per heavy atom. The molecule has 1 nitrogen and oxygen atoms in total. The van der Waals surface area contributed by atoms with E-state index in [-0.39, 0.29) is 0 Å². The highest BCUT2D eigenvalue weighted by molar-refractivity contribution is 5.76. The van der Waals surface area contributed by atoms with Crippen molar-refractivity contribution in [1.82, 2.24) is 0 Å². The average molecular weight is 259 g/mol. The Kier molecular flexibility index (Phi) is 3.26. The second-order valence-corrected chi connectivity index (χ2v) is 4.80. The van der Waals surface area contributed by atoms with Gasteiger partial charge >= 0.3 is 0 Å². The van der Waals surface area contributed by atoms with E-state index < -0.39 is 0 Å². The molecule has 1 heterocycles. The van der Waals surface area contributed by atoms with Crippen LogP contribution >= 0.6 is 0 Å². The molecule has 0 aliphatic carbocycles. The summed E-state index contributed by atoms with van der Waals surface area (Å²) in [5.74, 6) is 0. The van der Waals surface area contributed by atoms with E-state index in [9.17, 15) is 0 Å². The lowest BCUT2D eigenvalue weighted by Gasteiger charge is -2.33. The summed E-state index contributed by atoms with van der Waals surface area (Å²) in [5.41, 5.74) is 6.01. The number of nitrogens with zero attached hydrogens (tertiary/aromatic N) is 1. The molecule has 0 atom stereocenters. The molecule has 0 saturated heterocycles. The molecular formula is C19H17N. The number of hydrogen-bond donors (Lipinski definition) is 0. The van der Waals surface area contributed by atoms with Crippen LogP contribution in [-0.2, 0) is 6.42 Å². The molecule has 0 bridgehead atoms. The van der Waals surface area contributed by atoms with Crippen LogP contribution in [0.15, 0.2) is 91.2 Å². The summed E-state index contributed by atoms with van der Waals surface area (Å²) in [7, 11) is 0. The maximum atomic E-state index is 3.98. The fraction of sp³-hybridized carbons (Fsp3) is 0.0526. The normalized spacial score (nSPS) is 13.9. The van der Waals surface area contributed by atoms with Crippen LogP contribution in [0.2, 0.25) is 0 Å². The first-order valence-corrected chi connectivity index (χ1v) is 6.76. The lowest BCUT2D eigenvalue weighted by molar-refractivity contribution is 1.04. The summed E-state index contributed by atoms with van der Waals surface area (Å²) >= 11 is 0. The molecule has 0 spiro atoms. The third-order valence-electron chi connectivity index (χ3n) is 3.64. The predicted octanol–water partition coefficient (Wildman–Crippen LogP) is 5.01. The van der Waals surface area contributed by atoms with Gasteiger partial charge in [0.2, 0.25) is 0 Å². The second kappa shape index (κ2) is 5.22. The largest absolute Gasteiger partial charge is 0.310 e. The van der Waals surface area contributed by atoms with Crippen LogP contribution in [0.5, 0.6) is 0 Å². The number of rotatable bonds is 3. The van der Waals surface area contributed by atoms with Crippen LogP contribution in [0.3, 0.4) is 0 Å². The highest BCUT2D eigenvalue weighted by Gasteiger charge is 2.22. The number of anilines is 2. The Labute approximate surface area is 120 Å². The van der Waals surface area contributed by atoms with Gasteiger partial charge in [-0.1, -0.05) is 55.6 Å². The summed E-state index contributed by atoms with van der Waals surface area (Å²) in [5, 5.41) is 0. The molecule has 1 heteroatoms. The van der Waals surface area contributed by atoms with Crippen molar-refractivity contribution in [1.29, 1.82) is 0 Å². The molecule has 1 aliphatic rings. The SMILES string of the molecule is C=CC1=C(C=C)N(c2ccccc2)c2ccccc2C1. The predicted molar refractivity (Wildman–Crippen MR) is 86.1 cm³/mol. The van der Waals surface area contributed by atoms with Crippen molar-refractivity contribution in [2.75, 3.05) is 4.90 Å². The highest BCUT2D eigenvalue weighted by Crippen LogP contribution is 2.39. The van der Waals surface area contributed by atoms with Gasteiger partial charge in [0.25, 0.3) is 0 Å². The first-order chi connectivity index (χ1) is 9.85. The highest BCUT2D eigenvalue weighted by atomic mass is 15.2. The summed E-state index contributed by atoms with van der Waals surface area (Å²) in [6.07, 6.45) is 4.76. The van der Waals surface area contributed by atoms with E-state index in [1.54, 1.807) is 0 Å². The zero-order valence-corrected chi connectivity index (χ0v) is 11.4. The van der Waals surface area contributed by atoms with E-state index in [0.717, 1.165) is 17.8 Å². The van der Waals surface area contributed by atoms with Gasteiger partial charge in [-0.15, -0.1) is 0 Å². The molecule has 3 rings (SSSR count). The van der Waals surface area contributed by atoms with Gasteiger partial charge < -0.3 is 4.90 Å². The maximum absolute atomic E-state index is 3.98. The Morgan fingerprint density at radius 3 is 2.25 bits per heavy atom. The van der Waals surface area contributed by atoms with Crippen LogP contribution in [-0.4, -0.2) is 0 Å². The number of para-hydroxylation sites is 2. The van der Waals surface area contributed by atoms with Crippen LogP contribution in [0.25, 0.3) is 0 Å². The molecule has 0 aromatic heterocycles. The minimum atomic E-state index is 0.907. The van der Waals surface area contributed by atoms with Crippen LogP contribution in [0.1, 0.15) is 5.56 Å². The molecule has 98 valence electrons. The monoisotopic (exact) mass is 259 g/mol. The second-order valence-electron chi connectivity index (χ2n) is 4.80. The van der Waals surface area contributed by atoms with Crippen LogP contribution in [0.4, 0.5) is 11.4 Å². The van der Waals surface area contributed by atoms with Crippen molar-refractivity contribution in [3.63, 3.8) is 0 Å². The molecule has 20 heavy (non-hydrogen) atoms. The summed E-state index contributed by atoms with van der Waals surface area (Å²) in [6.45, 7) is 7.94. The smallest absolute Gasteiger partial charge is 0.0497 e. The van der Waals surface area contributed by atoms with E-state index in [0.29, 0.717) is 0 Å². The summed E-state index contributed by atoms with van der Waals surface area (Å²) < 4.78 is 0. The number of allylic oxidation sites excluding steroid dienone is 3. The quantitative estimate of drug-likeness (QED) is 0.749. The van der Waals surface area contributed by atoms with E-state index in [1.165, 1.54) is 16.8 Å². The van der Waals surface area contributed by atoms with Gasteiger partial charge in [-0.2, -0.15) is 0 Å². The Morgan fingerprint density at radius 2 is 1.55 bits per heavy atom. The van der Waals surface area contributed by atoms with Gasteiger partial charge in [-0.3, -0.25) is 0 Å². The van der Waals surface area contributed by atoms with E-state index >= 15 is 0 Å². The van der Waals surface area contributed by atoms with Crippen molar-refractivity contribution in [2.24, 2.45) is 0 Å². The third kappa shape index (κ3) is 1.97. The zero-order valence-electron chi connectivity index (χ0n) is 11.4. The minimum absolute atomic E-state index is 0.907. The first-order valence-electron chi connectivity index (χ1n) is 6.76. The molecule has 1 aliphatic heterocycles. The van der Waals surface area contributed by atoms with Crippen LogP contribution < -0.4 is 4.90 Å². The fourth-order valence-corrected chi connectivity index (χ4v) is 2.70. The molecule has 2 aromatic rings. The topological polar surface area (TPSA) is 3.24 Å². The maximum Gasteiger partial charge on any atom is 0.0497 e. The van der Waals surface area contributed by atoms with Gasteiger partial charge in [0.05, 0.1) is 0 Å². The number of fused-ring (bicyclic) bond motifs is 1. The zero-order chi connectivity index (χ0) is 13.9. The standard InChI is InChI=1S/C19H17N/c1-3-15-14-16-10-8-9-13-19(16)20(18(15)4-2)17-11-6-5-7-12-17/h3-13H,1-2,14H2. The van der Waals surface area contributed by atoms with Crippen molar-refractivity contribution in [3.05, 3.63) is 96.7 Å². The molecule has 0 N–H and O–H groups in total. The molecule has 0 saturated carbocycles. The van der Waals surface area contributed by atoms with Gasteiger partial charge in [-0.25, -0.2) is 0 Å². The fourth-order valence-electron chi connectivity index (χ4n) is 2.70. The Balaban J connectivity index is 2.24. The van der Waals surface area contributed by atoms with Gasteiger partial charge in [0, 0.05) is 23.5 Å². The third-order valence-corrected chi connectivity index (χ3v) is 3.64. The molecule has 0 amide bonds.